The van der Waals surface area contributed by atoms with Crippen molar-refractivity contribution in [3.8, 4) is 0 Å². The predicted octanol–water partition coefficient (Wildman–Crippen LogP) is -0.750. The minimum atomic E-state index is -3.71. The van der Waals surface area contributed by atoms with Crippen molar-refractivity contribution < 1.29 is 18.0 Å². The van der Waals surface area contributed by atoms with Crippen LogP contribution in [-0.2, 0) is 26.2 Å². The molecule has 0 saturated carbocycles. The number of hydrogen-bond donors (Lipinski definition) is 1. The molecule has 2 aromatic rings. The molecule has 11 heteroatoms. The first-order valence-corrected chi connectivity index (χ1v) is 10.2. The number of carbonyl (C=O) groups excluding carboxylic acids is 2. The smallest absolute Gasteiger partial charge is 0.277 e. The first kappa shape index (κ1) is 19.1. The molecule has 0 radical (unpaired) electrons. The molecular formula is C16H19N5O5S. The third-order valence-corrected chi connectivity index (χ3v) is 5.61. The maximum absolute atomic E-state index is 12.3. The van der Waals surface area contributed by atoms with Gasteiger partial charge in [-0.15, -0.1) is 5.10 Å². The van der Waals surface area contributed by atoms with Gasteiger partial charge in [0.2, 0.25) is 21.8 Å². The second-order valence-electron chi connectivity index (χ2n) is 6.14. The van der Waals surface area contributed by atoms with Gasteiger partial charge in [-0.25, -0.2) is 17.8 Å². The van der Waals surface area contributed by atoms with Crippen LogP contribution in [0.5, 0.6) is 0 Å². The molecule has 1 aromatic heterocycles. The summed E-state index contributed by atoms with van der Waals surface area (Å²) in [4.78, 5) is 36.7. The summed E-state index contributed by atoms with van der Waals surface area (Å²) < 4.78 is 27.6. The van der Waals surface area contributed by atoms with Crippen LogP contribution < -0.4 is 10.3 Å². The molecule has 0 bridgehead atoms. The van der Waals surface area contributed by atoms with Crippen LogP contribution in [0, 0.1) is 0 Å². The lowest BCUT2D eigenvalue weighted by atomic mass is 10.1. The van der Waals surface area contributed by atoms with Crippen LogP contribution in [0.2, 0.25) is 0 Å². The lowest BCUT2D eigenvalue weighted by Crippen LogP contribution is -2.44. The van der Waals surface area contributed by atoms with Gasteiger partial charge in [-0.3, -0.25) is 19.3 Å². The average Bonchev–Trinajstić information content (AvgIpc) is 2.63. The highest BCUT2D eigenvalue weighted by Gasteiger charge is 2.27. The largest absolute Gasteiger partial charge is 0.282 e. The lowest BCUT2D eigenvalue weighted by molar-refractivity contribution is -0.147. The second-order valence-corrected chi connectivity index (χ2v) is 8.07. The number of benzene rings is 1. The fraction of sp³-hybridized carbons (Fsp3) is 0.438. The number of rotatable bonds is 7. The van der Waals surface area contributed by atoms with Crippen LogP contribution in [-0.4, -0.2) is 59.0 Å². The molecule has 1 fully saturated rings. The van der Waals surface area contributed by atoms with Gasteiger partial charge >= 0.3 is 0 Å². The van der Waals surface area contributed by atoms with Crippen LogP contribution in [0.15, 0.2) is 29.1 Å². The van der Waals surface area contributed by atoms with E-state index in [4.69, 9.17) is 0 Å². The van der Waals surface area contributed by atoms with Crippen molar-refractivity contribution in [1.82, 2.24) is 24.6 Å². The van der Waals surface area contributed by atoms with E-state index in [-0.39, 0.29) is 55.6 Å². The summed E-state index contributed by atoms with van der Waals surface area (Å²) in [7, 11) is -3.71. The van der Waals surface area contributed by atoms with Crippen LogP contribution in [0.4, 0.5) is 0 Å². The standard InChI is InChI=1S/C16H19N5O5S/c22-14-6-3-7-15(23)20(14)10-11-27(25,26)17-8-9-21-16(24)12-4-1-2-5-13(12)18-19-21/h1-2,4-5,17H,3,6-11H2. The molecule has 1 saturated heterocycles. The van der Waals surface area contributed by atoms with E-state index >= 15 is 0 Å². The molecule has 1 aliphatic rings. The molecule has 1 N–H and O–H groups in total. The van der Waals surface area contributed by atoms with Gasteiger partial charge in [0.1, 0.15) is 5.52 Å². The maximum atomic E-state index is 12.3. The summed E-state index contributed by atoms with van der Waals surface area (Å²) in [6.07, 6.45) is 1.01. The zero-order valence-electron chi connectivity index (χ0n) is 14.5. The van der Waals surface area contributed by atoms with Crippen molar-refractivity contribution in [3.05, 3.63) is 34.6 Å². The van der Waals surface area contributed by atoms with Crippen molar-refractivity contribution in [2.45, 2.75) is 25.8 Å². The van der Waals surface area contributed by atoms with Gasteiger partial charge in [0, 0.05) is 25.9 Å². The van der Waals surface area contributed by atoms with E-state index in [1.54, 1.807) is 24.3 Å². The van der Waals surface area contributed by atoms with E-state index in [0.29, 0.717) is 17.3 Å². The minimum Gasteiger partial charge on any atom is -0.282 e. The molecule has 1 aliphatic heterocycles. The van der Waals surface area contributed by atoms with Crippen molar-refractivity contribution in [1.29, 1.82) is 0 Å². The SMILES string of the molecule is O=C1CCCC(=O)N1CCS(=O)(=O)NCCn1nnc2ccccc2c1=O. The molecule has 0 aliphatic carbocycles. The van der Waals surface area contributed by atoms with Crippen LogP contribution >= 0.6 is 0 Å². The van der Waals surface area contributed by atoms with Gasteiger partial charge < -0.3 is 0 Å². The Hall–Kier alpha value is -2.66. The summed E-state index contributed by atoms with van der Waals surface area (Å²) in [5, 5.41) is 8.11. The Bertz CT molecular complexity index is 1020. The van der Waals surface area contributed by atoms with Crippen molar-refractivity contribution in [2.24, 2.45) is 0 Å². The quantitative estimate of drug-likeness (QED) is 0.612. The molecule has 10 nitrogen and oxygen atoms in total. The first-order chi connectivity index (χ1) is 12.9. The van der Waals surface area contributed by atoms with E-state index in [2.05, 4.69) is 15.0 Å². The molecule has 0 spiro atoms. The highest BCUT2D eigenvalue weighted by Crippen LogP contribution is 2.11. The number of imide groups is 1. The van der Waals surface area contributed by atoms with Crippen LogP contribution in [0.25, 0.3) is 10.9 Å². The number of carbonyl (C=O) groups is 2. The summed E-state index contributed by atoms with van der Waals surface area (Å²) in [6, 6.07) is 6.74. The number of nitrogens with zero attached hydrogens (tertiary/aromatic N) is 4. The summed E-state index contributed by atoms with van der Waals surface area (Å²) in [6.45, 7) is -0.225. The van der Waals surface area contributed by atoms with Crippen LogP contribution in [0.1, 0.15) is 19.3 Å². The van der Waals surface area contributed by atoms with Gasteiger partial charge in [0.05, 0.1) is 17.7 Å². The monoisotopic (exact) mass is 393 g/mol. The molecule has 144 valence electrons. The summed E-state index contributed by atoms with van der Waals surface area (Å²) in [5.74, 6) is -1.08. The van der Waals surface area contributed by atoms with E-state index in [9.17, 15) is 22.8 Å². The zero-order chi connectivity index (χ0) is 19.4. The second kappa shape index (κ2) is 7.92. The number of nitrogens with one attached hydrogen (secondary N) is 1. The normalized spacial score (nSPS) is 15.5. The van der Waals surface area contributed by atoms with E-state index in [1.807, 2.05) is 0 Å². The van der Waals surface area contributed by atoms with Gasteiger partial charge in [-0.2, -0.15) is 0 Å². The van der Waals surface area contributed by atoms with Crippen molar-refractivity contribution >= 4 is 32.7 Å². The minimum absolute atomic E-state index is 0.0114. The average molecular weight is 393 g/mol. The fourth-order valence-electron chi connectivity index (χ4n) is 2.81. The molecule has 1 aromatic carbocycles. The molecule has 2 heterocycles. The van der Waals surface area contributed by atoms with Gasteiger partial charge in [-0.05, 0) is 18.6 Å². The number of amides is 2. The zero-order valence-corrected chi connectivity index (χ0v) is 15.3. The fourth-order valence-corrected chi connectivity index (χ4v) is 3.78. The van der Waals surface area contributed by atoms with Crippen molar-refractivity contribution in [2.75, 3.05) is 18.8 Å². The number of hydrogen-bond acceptors (Lipinski definition) is 7. The van der Waals surface area contributed by atoms with Crippen LogP contribution in [0.3, 0.4) is 0 Å². The Labute approximate surface area is 155 Å². The highest BCUT2D eigenvalue weighted by molar-refractivity contribution is 7.89. The van der Waals surface area contributed by atoms with Gasteiger partial charge in [0.15, 0.2) is 0 Å². The number of likely N-dealkylation sites (tertiary alicyclic amines) is 1. The molecule has 27 heavy (non-hydrogen) atoms. The molecule has 2 amide bonds. The molecular weight excluding hydrogens is 374 g/mol. The predicted molar refractivity (Wildman–Crippen MR) is 96.2 cm³/mol. The molecule has 3 rings (SSSR count). The highest BCUT2D eigenvalue weighted by atomic mass is 32.2. The number of fused-ring (bicyclic) bond motifs is 1. The first-order valence-electron chi connectivity index (χ1n) is 8.50. The Kier molecular flexibility index (Phi) is 5.61. The lowest BCUT2D eigenvalue weighted by Gasteiger charge is -2.24. The number of sulfonamides is 1. The third kappa shape index (κ3) is 4.55. The summed E-state index contributed by atoms with van der Waals surface area (Å²) >= 11 is 0. The number of piperidine rings is 1. The Morgan fingerprint density at radius 3 is 2.48 bits per heavy atom. The Morgan fingerprint density at radius 2 is 1.74 bits per heavy atom. The molecule has 0 atom stereocenters. The van der Waals surface area contributed by atoms with E-state index < -0.39 is 10.0 Å². The molecule has 0 unspecified atom stereocenters. The van der Waals surface area contributed by atoms with E-state index in [1.165, 1.54) is 0 Å². The van der Waals surface area contributed by atoms with Gasteiger partial charge in [0.25, 0.3) is 5.56 Å². The maximum Gasteiger partial charge on any atom is 0.277 e. The Morgan fingerprint density at radius 1 is 1.04 bits per heavy atom. The third-order valence-electron chi connectivity index (χ3n) is 4.24. The van der Waals surface area contributed by atoms with Gasteiger partial charge in [-0.1, -0.05) is 17.3 Å². The van der Waals surface area contributed by atoms with Crippen molar-refractivity contribution in [3.63, 3.8) is 0 Å². The topological polar surface area (TPSA) is 131 Å². The summed E-state index contributed by atoms with van der Waals surface area (Å²) in [5.41, 5.74) is 0.111. The van der Waals surface area contributed by atoms with E-state index in [0.717, 1.165) is 9.58 Å². The Balaban J connectivity index is 1.56. The number of aromatic nitrogens is 3.